The van der Waals surface area contributed by atoms with Gasteiger partial charge in [-0.05, 0) is 66.1 Å². The number of anilines is 1. The van der Waals surface area contributed by atoms with Crippen molar-refractivity contribution >= 4 is 33.8 Å². The lowest BCUT2D eigenvalue weighted by Crippen LogP contribution is -2.00. The van der Waals surface area contributed by atoms with Gasteiger partial charge in [-0.25, -0.2) is 4.79 Å². The molecule has 8 heteroatoms. The van der Waals surface area contributed by atoms with Crippen LogP contribution in [0.5, 0.6) is 5.75 Å². The summed E-state index contributed by atoms with van der Waals surface area (Å²) in [7, 11) is 1.67. The van der Waals surface area contributed by atoms with E-state index in [-0.39, 0.29) is 5.92 Å². The standard InChI is InChI=1S/C28H25N3O4S/c1-16-4-5-21(14-24(16)29-15-23-10-11-25(36-23)28(32)33)26-30-27(35-31-26)17(2)18-6-7-20-13-22(34-3)9-8-19(20)12-18/h4-14,17,29H,15H2,1-3H3,(H,32,33)/t17-/m1/s1. The first-order valence-corrected chi connectivity index (χ1v) is 12.3. The first-order chi connectivity index (χ1) is 17.4. The van der Waals surface area contributed by atoms with E-state index >= 15 is 0 Å². The number of benzene rings is 3. The minimum Gasteiger partial charge on any atom is -0.497 e. The Hall–Kier alpha value is -4.17. The largest absolute Gasteiger partial charge is 0.497 e. The molecular formula is C28H25N3O4S. The van der Waals surface area contributed by atoms with Gasteiger partial charge in [-0.1, -0.05) is 41.6 Å². The average molecular weight is 500 g/mol. The average Bonchev–Trinajstić information content (AvgIpc) is 3.58. The third kappa shape index (κ3) is 4.81. The first kappa shape index (κ1) is 23.6. The van der Waals surface area contributed by atoms with Crippen molar-refractivity contribution in [2.45, 2.75) is 26.3 Å². The van der Waals surface area contributed by atoms with E-state index in [1.54, 1.807) is 13.2 Å². The van der Waals surface area contributed by atoms with Gasteiger partial charge >= 0.3 is 5.97 Å². The summed E-state index contributed by atoms with van der Waals surface area (Å²) in [4.78, 5) is 17.1. The van der Waals surface area contributed by atoms with E-state index in [0.717, 1.165) is 43.8 Å². The van der Waals surface area contributed by atoms with Gasteiger partial charge in [0.15, 0.2) is 0 Å². The van der Waals surface area contributed by atoms with E-state index in [2.05, 4.69) is 40.6 Å². The molecule has 3 aromatic carbocycles. The summed E-state index contributed by atoms with van der Waals surface area (Å²) in [5, 5.41) is 19.0. The Labute approximate surface area is 212 Å². The maximum absolute atomic E-state index is 11.1. The minimum absolute atomic E-state index is 0.0666. The molecule has 0 radical (unpaired) electrons. The van der Waals surface area contributed by atoms with Crippen LogP contribution in [0.3, 0.4) is 0 Å². The summed E-state index contributed by atoms with van der Waals surface area (Å²) in [6.45, 7) is 4.60. The van der Waals surface area contributed by atoms with E-state index in [0.29, 0.717) is 23.1 Å². The number of carboxylic acid groups (broad SMARTS) is 1. The number of hydrogen-bond donors (Lipinski definition) is 2. The number of hydrogen-bond acceptors (Lipinski definition) is 7. The lowest BCUT2D eigenvalue weighted by Gasteiger charge is -2.10. The molecule has 182 valence electrons. The molecule has 5 rings (SSSR count). The Morgan fingerprint density at radius 2 is 1.89 bits per heavy atom. The Bertz CT molecular complexity index is 1560. The highest BCUT2D eigenvalue weighted by Crippen LogP contribution is 2.30. The molecule has 0 saturated carbocycles. The van der Waals surface area contributed by atoms with E-state index < -0.39 is 5.97 Å². The zero-order chi connectivity index (χ0) is 25.2. The van der Waals surface area contributed by atoms with Crippen LogP contribution in [0.2, 0.25) is 0 Å². The van der Waals surface area contributed by atoms with Gasteiger partial charge < -0.3 is 19.7 Å². The maximum atomic E-state index is 11.1. The number of carbonyl (C=O) groups is 1. The van der Waals surface area contributed by atoms with Crippen LogP contribution in [0.25, 0.3) is 22.2 Å². The van der Waals surface area contributed by atoms with Crippen molar-refractivity contribution in [1.29, 1.82) is 0 Å². The van der Waals surface area contributed by atoms with Crippen molar-refractivity contribution in [2.24, 2.45) is 0 Å². The third-order valence-corrected chi connectivity index (χ3v) is 7.28. The van der Waals surface area contributed by atoms with Crippen molar-refractivity contribution in [3.8, 4) is 17.1 Å². The fourth-order valence-electron chi connectivity index (χ4n) is 4.03. The van der Waals surface area contributed by atoms with Gasteiger partial charge in [0.1, 0.15) is 10.6 Å². The van der Waals surface area contributed by atoms with Crippen LogP contribution in [-0.2, 0) is 6.54 Å². The molecule has 0 aliphatic rings. The quantitative estimate of drug-likeness (QED) is 0.244. The second-order valence-corrected chi connectivity index (χ2v) is 9.77. The molecule has 2 aromatic heterocycles. The number of ether oxygens (including phenoxy) is 1. The number of rotatable bonds is 8. The minimum atomic E-state index is -0.907. The van der Waals surface area contributed by atoms with Gasteiger partial charge in [-0.15, -0.1) is 11.3 Å². The van der Waals surface area contributed by atoms with Crippen LogP contribution < -0.4 is 10.1 Å². The Morgan fingerprint density at radius 3 is 2.67 bits per heavy atom. The van der Waals surface area contributed by atoms with Gasteiger partial charge in [0, 0.05) is 22.7 Å². The maximum Gasteiger partial charge on any atom is 0.345 e. The zero-order valence-corrected chi connectivity index (χ0v) is 20.9. The van der Waals surface area contributed by atoms with Crippen molar-refractivity contribution < 1.29 is 19.2 Å². The predicted octanol–water partition coefficient (Wildman–Crippen LogP) is 6.73. The van der Waals surface area contributed by atoms with Crippen LogP contribution in [-0.4, -0.2) is 28.3 Å². The normalized spacial score (nSPS) is 12.0. The number of aromatic nitrogens is 2. The molecule has 0 amide bonds. The number of carboxylic acids is 1. The number of aryl methyl sites for hydroxylation is 1. The number of nitrogens with zero attached hydrogens (tertiary/aromatic N) is 2. The SMILES string of the molecule is COc1ccc2cc([C@@H](C)c3nc(-c4ccc(C)c(NCc5ccc(C(=O)O)s5)c4)no3)ccc2c1. The van der Waals surface area contributed by atoms with Crippen molar-refractivity contribution in [3.05, 3.63) is 93.5 Å². The van der Waals surface area contributed by atoms with Crippen LogP contribution >= 0.6 is 11.3 Å². The molecule has 0 aliphatic carbocycles. The molecule has 2 N–H and O–H groups in total. The van der Waals surface area contributed by atoms with Gasteiger partial charge in [0.25, 0.3) is 0 Å². The summed E-state index contributed by atoms with van der Waals surface area (Å²) >= 11 is 1.27. The summed E-state index contributed by atoms with van der Waals surface area (Å²) < 4.78 is 11.0. The van der Waals surface area contributed by atoms with Crippen molar-refractivity contribution in [1.82, 2.24) is 10.1 Å². The highest BCUT2D eigenvalue weighted by molar-refractivity contribution is 7.13. The first-order valence-electron chi connectivity index (χ1n) is 11.5. The summed E-state index contributed by atoms with van der Waals surface area (Å²) in [5.41, 5.74) is 3.93. The number of methoxy groups -OCH3 is 1. The lowest BCUT2D eigenvalue weighted by molar-refractivity contribution is 0.0702. The number of fused-ring (bicyclic) bond motifs is 1. The van der Waals surface area contributed by atoms with Crippen LogP contribution in [0.1, 0.15) is 44.4 Å². The molecule has 0 spiro atoms. The lowest BCUT2D eigenvalue weighted by atomic mass is 9.97. The Kier molecular flexibility index (Phi) is 6.43. The summed E-state index contributed by atoms with van der Waals surface area (Å²) in [6.07, 6.45) is 0. The smallest absolute Gasteiger partial charge is 0.345 e. The molecule has 1 atom stereocenters. The van der Waals surface area contributed by atoms with Crippen LogP contribution in [0.4, 0.5) is 5.69 Å². The predicted molar refractivity (Wildman–Crippen MR) is 141 cm³/mol. The van der Waals surface area contributed by atoms with Gasteiger partial charge in [0.05, 0.1) is 13.0 Å². The fourth-order valence-corrected chi connectivity index (χ4v) is 4.82. The molecule has 7 nitrogen and oxygen atoms in total. The number of thiophene rings is 1. The molecule has 0 saturated heterocycles. The third-order valence-electron chi connectivity index (χ3n) is 6.20. The van der Waals surface area contributed by atoms with Crippen LogP contribution in [0, 0.1) is 6.92 Å². The number of nitrogens with one attached hydrogen (secondary N) is 1. The Balaban J connectivity index is 1.34. The van der Waals surface area contributed by atoms with Crippen molar-refractivity contribution in [2.75, 3.05) is 12.4 Å². The number of aromatic carboxylic acids is 1. The van der Waals surface area contributed by atoms with E-state index in [9.17, 15) is 4.79 Å². The van der Waals surface area contributed by atoms with E-state index in [1.807, 2.05) is 49.4 Å². The molecule has 0 aliphatic heterocycles. The highest BCUT2D eigenvalue weighted by Gasteiger charge is 2.18. The second kappa shape index (κ2) is 9.83. The topological polar surface area (TPSA) is 97.5 Å². The Morgan fingerprint density at radius 1 is 1.08 bits per heavy atom. The molecule has 0 bridgehead atoms. The van der Waals surface area contributed by atoms with Gasteiger partial charge in [-0.2, -0.15) is 4.98 Å². The second-order valence-electron chi connectivity index (χ2n) is 8.60. The highest BCUT2D eigenvalue weighted by atomic mass is 32.1. The van der Waals surface area contributed by atoms with Gasteiger partial charge in [-0.3, -0.25) is 0 Å². The summed E-state index contributed by atoms with van der Waals surface area (Å²) in [6, 6.07) is 21.7. The van der Waals surface area contributed by atoms with Crippen LogP contribution in [0.15, 0.2) is 71.3 Å². The van der Waals surface area contributed by atoms with Gasteiger partial charge in [0.2, 0.25) is 11.7 Å². The van der Waals surface area contributed by atoms with Crippen molar-refractivity contribution in [3.63, 3.8) is 0 Å². The molecular weight excluding hydrogens is 474 g/mol. The zero-order valence-electron chi connectivity index (χ0n) is 20.1. The van der Waals surface area contributed by atoms with E-state index in [4.69, 9.17) is 14.4 Å². The molecule has 36 heavy (non-hydrogen) atoms. The monoisotopic (exact) mass is 499 g/mol. The molecule has 0 fully saturated rings. The fraction of sp³-hybridized carbons (Fsp3) is 0.179. The molecule has 0 unspecified atom stereocenters. The summed E-state index contributed by atoms with van der Waals surface area (Å²) in [5.74, 6) is 0.929. The van der Waals surface area contributed by atoms with E-state index in [1.165, 1.54) is 11.3 Å². The molecule has 2 heterocycles. The molecule has 5 aromatic rings.